The molecule has 348 valence electrons. The molecule has 5 aliphatic rings. The molecule has 3 N–H and O–H groups in total. The summed E-state index contributed by atoms with van der Waals surface area (Å²) in [7, 11) is 1.83. The maximum absolute atomic E-state index is 15.9. The Morgan fingerprint density at radius 3 is 2.46 bits per heavy atom. The third-order valence-electron chi connectivity index (χ3n) is 14.5. The molecule has 5 aliphatic heterocycles. The molecule has 5 amide bonds. The average molecular weight is 938 g/mol. The highest BCUT2D eigenvalue weighted by molar-refractivity contribution is 7.13. The normalized spacial score (nSPS) is 19.0. The standard InChI is InChI=1S/C48H48FN13O5S/c1-56-38-21-32(8-9-33(38)43(55-56)61-15-10-39(63)52-46(61)66)57-16-11-48(67,12-17-57)22-40(64)60-26-47(27-60)24-59(25-47)31-6-4-29(5-7-31)30-19-35(49)34-23-62(54-36(34)20-30)42(44(65)53-45-50-13-18-68-45)41-37-3-2-14-58(37)28-51-41/h4-9,13,18-21,23,28,42,67H,2-3,10-12,14-17,22,24-27H2,1H3,(H,50,53,65)(H,52,63,66). The smallest absolute Gasteiger partial charge is 0.329 e. The number of fused-ring (bicyclic) bond motifs is 3. The molecule has 12 rings (SSSR count). The Labute approximate surface area is 392 Å². The number of aromatic nitrogens is 7. The summed E-state index contributed by atoms with van der Waals surface area (Å²) >= 11 is 1.32. The molecule has 0 bridgehead atoms. The SMILES string of the molecule is Cn1nc(N2CCC(=O)NC2=O)c2ccc(N3CCC(O)(CC(=O)N4CC5(C4)CN(c4ccc(-c6cc(F)c7cn(C(C(=O)Nc8nccs8)c8ncn9c8CCC9)nc7c6)cc4)C5)CC3)cc21. The number of carbonyl (C=O) groups is 4. The Bertz CT molecular complexity index is 3160. The lowest BCUT2D eigenvalue weighted by atomic mass is 9.72. The molecule has 1 unspecified atom stereocenters. The van der Waals surface area contributed by atoms with E-state index in [4.69, 9.17) is 5.10 Å². The zero-order valence-corrected chi connectivity index (χ0v) is 38.1. The van der Waals surface area contributed by atoms with E-state index in [-0.39, 0.29) is 42.5 Å². The highest BCUT2D eigenvalue weighted by atomic mass is 32.1. The van der Waals surface area contributed by atoms with Crippen molar-refractivity contribution in [3.05, 3.63) is 95.9 Å². The Morgan fingerprint density at radius 1 is 0.897 bits per heavy atom. The van der Waals surface area contributed by atoms with Gasteiger partial charge in [0.25, 0.3) is 5.91 Å². The van der Waals surface area contributed by atoms with Crippen molar-refractivity contribution in [3.63, 3.8) is 0 Å². The summed E-state index contributed by atoms with van der Waals surface area (Å²) in [6.07, 6.45) is 7.95. The number of aryl methyl sites for hydroxylation is 2. The van der Waals surface area contributed by atoms with Gasteiger partial charge in [-0.25, -0.2) is 19.2 Å². The van der Waals surface area contributed by atoms with Gasteiger partial charge in [0.05, 0.1) is 40.5 Å². The number of likely N-dealkylation sites (tertiary alicyclic amines) is 1. The minimum Gasteiger partial charge on any atom is -0.389 e. The van der Waals surface area contributed by atoms with E-state index in [0.717, 1.165) is 66.0 Å². The molecule has 0 aliphatic carbocycles. The molecule has 1 atom stereocenters. The molecule has 4 saturated heterocycles. The predicted molar refractivity (Wildman–Crippen MR) is 253 cm³/mol. The number of benzene rings is 3. The van der Waals surface area contributed by atoms with Gasteiger partial charge in [0.15, 0.2) is 17.0 Å². The lowest BCUT2D eigenvalue weighted by Gasteiger charge is -2.61. The van der Waals surface area contributed by atoms with Crippen molar-refractivity contribution in [2.75, 3.05) is 65.8 Å². The van der Waals surface area contributed by atoms with Crippen molar-refractivity contribution >= 4 is 79.2 Å². The second-order valence-electron chi connectivity index (χ2n) is 19.0. The molecule has 4 aromatic heterocycles. The van der Waals surface area contributed by atoms with Crippen LogP contribution in [0.1, 0.15) is 49.5 Å². The monoisotopic (exact) mass is 937 g/mol. The number of nitrogens with zero attached hydrogens (tertiary/aromatic N) is 11. The number of anilines is 4. The van der Waals surface area contributed by atoms with Gasteiger partial charge in [-0.2, -0.15) is 10.2 Å². The minimum absolute atomic E-state index is 0.0182. The van der Waals surface area contributed by atoms with Crippen LogP contribution in [0.5, 0.6) is 0 Å². The van der Waals surface area contributed by atoms with E-state index in [1.807, 2.05) is 60.5 Å². The van der Waals surface area contributed by atoms with Crippen LogP contribution in [0.15, 0.2) is 78.7 Å². The summed E-state index contributed by atoms with van der Waals surface area (Å²) < 4.78 is 21.2. The van der Waals surface area contributed by atoms with Gasteiger partial charge < -0.3 is 24.4 Å². The summed E-state index contributed by atoms with van der Waals surface area (Å²) in [5.74, 6) is -0.586. The third-order valence-corrected chi connectivity index (χ3v) is 15.2. The number of hydrogen-bond donors (Lipinski definition) is 3. The van der Waals surface area contributed by atoms with Gasteiger partial charge in [0, 0.05) is 111 Å². The number of imide groups is 1. The van der Waals surface area contributed by atoms with Crippen LogP contribution in [-0.2, 0) is 34.4 Å². The zero-order chi connectivity index (χ0) is 46.5. The number of aliphatic hydroxyl groups is 1. The zero-order valence-electron chi connectivity index (χ0n) is 37.3. The molecule has 0 radical (unpaired) electrons. The van der Waals surface area contributed by atoms with Crippen LogP contribution in [0, 0.1) is 11.2 Å². The first-order valence-electron chi connectivity index (χ1n) is 23.0. The van der Waals surface area contributed by atoms with Crippen LogP contribution >= 0.6 is 11.3 Å². The summed E-state index contributed by atoms with van der Waals surface area (Å²) in [6.45, 7) is 5.24. The second kappa shape index (κ2) is 16.0. The Balaban J connectivity index is 0.652. The summed E-state index contributed by atoms with van der Waals surface area (Å²) in [4.78, 5) is 68.2. The maximum atomic E-state index is 15.9. The summed E-state index contributed by atoms with van der Waals surface area (Å²) in [6, 6.07) is 16.0. The number of thiazole rings is 1. The Hall–Kier alpha value is -7.19. The van der Waals surface area contributed by atoms with Gasteiger partial charge in [-0.1, -0.05) is 12.1 Å². The Kier molecular flexibility index (Phi) is 9.91. The lowest BCUT2D eigenvalue weighted by Crippen LogP contribution is -2.73. The fraction of sp³-hybridized carbons (Fsp3) is 0.375. The number of piperidine rings is 1. The van der Waals surface area contributed by atoms with Crippen LogP contribution in [0.4, 0.5) is 31.5 Å². The predicted octanol–water partition coefficient (Wildman–Crippen LogP) is 5.07. The van der Waals surface area contributed by atoms with Crippen LogP contribution in [0.3, 0.4) is 0 Å². The van der Waals surface area contributed by atoms with Crippen LogP contribution in [-0.4, -0.2) is 119 Å². The van der Waals surface area contributed by atoms with Crippen LogP contribution in [0.25, 0.3) is 32.9 Å². The fourth-order valence-corrected chi connectivity index (χ4v) is 11.4. The first-order valence-corrected chi connectivity index (χ1v) is 23.9. The van der Waals surface area contributed by atoms with E-state index in [9.17, 15) is 24.3 Å². The van der Waals surface area contributed by atoms with Crippen LogP contribution in [0.2, 0.25) is 0 Å². The molecular formula is C48H48FN13O5S. The third kappa shape index (κ3) is 7.32. The quantitative estimate of drug-likeness (QED) is 0.166. The van der Waals surface area contributed by atoms with E-state index < -0.39 is 23.5 Å². The van der Waals surface area contributed by atoms with Gasteiger partial charge in [0.1, 0.15) is 5.82 Å². The van der Waals surface area contributed by atoms with Gasteiger partial charge in [0.2, 0.25) is 11.8 Å². The molecule has 68 heavy (non-hydrogen) atoms. The topological polar surface area (TPSA) is 192 Å². The molecule has 7 aromatic rings. The van der Waals surface area contributed by atoms with E-state index in [0.29, 0.717) is 72.1 Å². The van der Waals surface area contributed by atoms with Crippen molar-refractivity contribution in [2.45, 2.75) is 56.7 Å². The largest absolute Gasteiger partial charge is 0.389 e. The maximum Gasteiger partial charge on any atom is 0.329 e. The van der Waals surface area contributed by atoms with Crippen LogP contribution < -0.4 is 25.3 Å². The molecule has 18 nitrogen and oxygen atoms in total. The van der Waals surface area contributed by atoms with Crippen molar-refractivity contribution in [2.24, 2.45) is 12.5 Å². The van der Waals surface area contributed by atoms with Gasteiger partial charge in [-0.15, -0.1) is 11.3 Å². The number of urea groups is 1. The first-order chi connectivity index (χ1) is 32.9. The highest BCUT2D eigenvalue weighted by Gasteiger charge is 2.54. The Morgan fingerprint density at radius 2 is 1.69 bits per heavy atom. The van der Waals surface area contributed by atoms with E-state index in [2.05, 4.69) is 40.1 Å². The van der Waals surface area contributed by atoms with Gasteiger partial charge in [-0.05, 0) is 79.3 Å². The number of hydrogen-bond acceptors (Lipinski definition) is 12. The molecule has 20 heteroatoms. The number of amides is 5. The highest BCUT2D eigenvalue weighted by Crippen LogP contribution is 2.44. The lowest BCUT2D eigenvalue weighted by molar-refractivity contribution is -0.151. The molecule has 9 heterocycles. The number of carbonyl (C=O) groups excluding carboxylic acids is 4. The molecule has 3 aromatic carbocycles. The molecule has 1 spiro atoms. The van der Waals surface area contributed by atoms with Gasteiger partial charge in [-0.3, -0.25) is 39.3 Å². The minimum atomic E-state index is -1.08. The van der Waals surface area contributed by atoms with E-state index in [1.54, 1.807) is 28.8 Å². The van der Waals surface area contributed by atoms with Gasteiger partial charge >= 0.3 is 6.03 Å². The first kappa shape index (κ1) is 42.2. The number of halogens is 1. The van der Waals surface area contributed by atoms with Crippen molar-refractivity contribution < 1.29 is 28.7 Å². The second-order valence-corrected chi connectivity index (χ2v) is 19.9. The molecule has 0 saturated carbocycles. The number of nitrogens with one attached hydrogen (secondary N) is 2. The van der Waals surface area contributed by atoms with Crippen molar-refractivity contribution in [3.8, 4) is 11.1 Å². The molecular weight excluding hydrogens is 890 g/mol. The summed E-state index contributed by atoms with van der Waals surface area (Å²) in [5, 5.41) is 29.6. The summed E-state index contributed by atoms with van der Waals surface area (Å²) in [5.41, 5.74) is 5.34. The molecule has 4 fully saturated rings. The van der Waals surface area contributed by atoms with E-state index in [1.165, 1.54) is 27.0 Å². The number of rotatable bonds is 10. The van der Waals surface area contributed by atoms with Crippen molar-refractivity contribution in [1.82, 2.24) is 44.3 Å². The average Bonchev–Trinajstić information content (AvgIpc) is 4.15. The fourth-order valence-electron chi connectivity index (χ4n) is 10.9. The van der Waals surface area contributed by atoms with Crippen molar-refractivity contribution in [1.29, 1.82) is 0 Å². The van der Waals surface area contributed by atoms with E-state index >= 15 is 4.39 Å². The number of imidazole rings is 1.